The number of carbonyl (C=O) groups is 1. The van der Waals surface area contributed by atoms with Crippen molar-refractivity contribution in [1.82, 2.24) is 0 Å². The third kappa shape index (κ3) is 6.39. The van der Waals surface area contributed by atoms with Crippen molar-refractivity contribution in [2.45, 2.75) is 24.0 Å². The van der Waals surface area contributed by atoms with Crippen LogP contribution in [0.15, 0.2) is 70.6 Å². The van der Waals surface area contributed by atoms with E-state index in [9.17, 15) is 26.4 Å². The molecule has 0 aliphatic rings. The Morgan fingerprint density at radius 3 is 2.35 bits per heavy atom. The summed E-state index contributed by atoms with van der Waals surface area (Å²) in [5.74, 6) is -1.10. The van der Waals surface area contributed by atoms with Crippen molar-refractivity contribution < 1.29 is 31.5 Å². The minimum absolute atomic E-state index is 0.00281. The van der Waals surface area contributed by atoms with E-state index in [-0.39, 0.29) is 22.7 Å². The SMILES string of the molecule is CS(=O)(=O)c1cccc(-c2ccc(C(CC(=N)C(F)(F)F)=NCc3ccc(C(=O)O)cc3)s2)c1. The molecule has 3 rings (SSSR count). The van der Waals surface area contributed by atoms with Gasteiger partial charge >= 0.3 is 12.1 Å². The summed E-state index contributed by atoms with van der Waals surface area (Å²) in [6, 6.07) is 15.3. The number of aliphatic imine (C=N–C) groups is 1. The van der Waals surface area contributed by atoms with Gasteiger partial charge in [-0.2, -0.15) is 13.2 Å². The number of nitrogens with zero attached hydrogens (tertiary/aromatic N) is 1. The van der Waals surface area contributed by atoms with Crippen molar-refractivity contribution in [2.24, 2.45) is 4.99 Å². The molecule has 2 N–H and O–H groups in total. The van der Waals surface area contributed by atoms with Crippen molar-refractivity contribution in [3.8, 4) is 10.4 Å². The normalized spacial score (nSPS) is 12.5. The topological polar surface area (TPSA) is 108 Å². The zero-order chi connectivity index (χ0) is 25.1. The van der Waals surface area contributed by atoms with Gasteiger partial charge in [-0.1, -0.05) is 24.3 Å². The van der Waals surface area contributed by atoms with Crippen molar-refractivity contribution in [1.29, 1.82) is 5.41 Å². The van der Waals surface area contributed by atoms with Crippen LogP contribution in [0.1, 0.15) is 27.2 Å². The van der Waals surface area contributed by atoms with Crippen molar-refractivity contribution in [2.75, 3.05) is 6.26 Å². The lowest BCUT2D eigenvalue weighted by atomic mass is 10.1. The van der Waals surface area contributed by atoms with E-state index < -0.39 is 34.1 Å². The van der Waals surface area contributed by atoms with E-state index >= 15 is 0 Å². The summed E-state index contributed by atoms with van der Waals surface area (Å²) in [7, 11) is -3.43. The standard InChI is InChI=1S/C23H19F3N2O4S2/c1-34(31,32)17-4-2-3-16(11-17)19-9-10-20(33-19)18(12-21(27)23(24,25)26)28-13-14-5-7-15(8-6-14)22(29)30/h2-11,27H,12-13H2,1H3,(H,29,30). The highest BCUT2D eigenvalue weighted by Gasteiger charge is 2.35. The molecular weight excluding hydrogens is 489 g/mol. The van der Waals surface area contributed by atoms with E-state index in [1.54, 1.807) is 24.3 Å². The minimum Gasteiger partial charge on any atom is -0.478 e. The number of benzene rings is 2. The minimum atomic E-state index is -4.80. The highest BCUT2D eigenvalue weighted by atomic mass is 32.2. The fraction of sp³-hybridized carbons (Fsp3) is 0.174. The molecule has 0 aliphatic heterocycles. The molecule has 0 fully saturated rings. The van der Waals surface area contributed by atoms with Gasteiger partial charge in [-0.3, -0.25) is 4.99 Å². The largest absolute Gasteiger partial charge is 0.478 e. The summed E-state index contributed by atoms with van der Waals surface area (Å²) in [6.07, 6.45) is -4.45. The number of halogens is 3. The first-order valence-corrected chi connectivity index (χ1v) is 12.5. The smallest absolute Gasteiger partial charge is 0.429 e. The molecule has 11 heteroatoms. The van der Waals surface area contributed by atoms with E-state index in [4.69, 9.17) is 10.5 Å². The summed E-state index contributed by atoms with van der Waals surface area (Å²) in [5, 5.41) is 16.4. The van der Waals surface area contributed by atoms with E-state index in [0.29, 0.717) is 20.9 Å². The van der Waals surface area contributed by atoms with Crippen molar-refractivity contribution >= 4 is 38.6 Å². The van der Waals surface area contributed by atoms with Crippen LogP contribution in [0.25, 0.3) is 10.4 Å². The zero-order valence-corrected chi connectivity index (χ0v) is 19.4. The van der Waals surface area contributed by atoms with Crippen LogP contribution in [0.5, 0.6) is 0 Å². The van der Waals surface area contributed by atoms with Crippen LogP contribution in [-0.2, 0) is 16.4 Å². The molecule has 0 saturated carbocycles. The van der Waals surface area contributed by atoms with Gasteiger partial charge in [0.2, 0.25) is 0 Å². The number of hydrogen-bond donors (Lipinski definition) is 2. The van der Waals surface area contributed by atoms with Crippen LogP contribution in [0.4, 0.5) is 13.2 Å². The van der Waals surface area contributed by atoms with E-state index in [0.717, 1.165) is 17.6 Å². The lowest BCUT2D eigenvalue weighted by Crippen LogP contribution is -2.24. The number of carboxylic acids is 1. The number of sulfone groups is 1. The molecule has 0 amide bonds. The quantitative estimate of drug-likeness (QED) is 0.393. The molecule has 0 atom stereocenters. The highest BCUT2D eigenvalue weighted by molar-refractivity contribution is 7.90. The Hall–Kier alpha value is -3.31. The molecule has 34 heavy (non-hydrogen) atoms. The number of carboxylic acid groups (broad SMARTS) is 1. The van der Waals surface area contributed by atoms with Gasteiger partial charge in [-0.25, -0.2) is 13.2 Å². The van der Waals surface area contributed by atoms with Gasteiger partial charge in [0.05, 0.1) is 22.7 Å². The third-order valence-electron chi connectivity index (χ3n) is 4.78. The van der Waals surface area contributed by atoms with Crippen LogP contribution >= 0.6 is 11.3 Å². The number of alkyl halides is 3. The highest BCUT2D eigenvalue weighted by Crippen LogP contribution is 2.31. The Labute approximate surface area is 197 Å². The second-order valence-corrected chi connectivity index (χ2v) is 10.5. The fourth-order valence-electron chi connectivity index (χ4n) is 2.96. The van der Waals surface area contributed by atoms with Crippen LogP contribution in [0, 0.1) is 5.41 Å². The van der Waals surface area contributed by atoms with Crippen LogP contribution < -0.4 is 0 Å². The molecule has 178 valence electrons. The number of hydrogen-bond acceptors (Lipinski definition) is 6. The van der Waals surface area contributed by atoms with Crippen LogP contribution in [-0.4, -0.2) is 43.3 Å². The first-order chi connectivity index (χ1) is 15.8. The Balaban J connectivity index is 1.94. The van der Waals surface area contributed by atoms with E-state index in [2.05, 4.69) is 4.99 Å². The summed E-state index contributed by atoms with van der Waals surface area (Å²) in [6.45, 7) is -0.00281. The van der Waals surface area contributed by atoms with Crippen molar-refractivity contribution in [3.63, 3.8) is 0 Å². The van der Waals surface area contributed by atoms with Crippen molar-refractivity contribution in [3.05, 3.63) is 76.7 Å². The van der Waals surface area contributed by atoms with Gasteiger partial charge in [-0.05, 0) is 47.5 Å². The number of thiophene rings is 1. The molecular formula is C23H19F3N2O4S2. The van der Waals surface area contributed by atoms with E-state index in [1.165, 1.54) is 36.4 Å². The maximum absolute atomic E-state index is 13.0. The second kappa shape index (κ2) is 9.90. The second-order valence-electron chi connectivity index (χ2n) is 7.38. The Kier molecular flexibility index (Phi) is 7.37. The summed E-state index contributed by atoms with van der Waals surface area (Å²) in [5.41, 5.74) is -0.125. The number of aromatic carboxylic acids is 1. The first kappa shape index (κ1) is 25.3. The third-order valence-corrected chi connectivity index (χ3v) is 7.07. The van der Waals surface area contributed by atoms with E-state index in [1.807, 2.05) is 0 Å². The molecule has 1 heterocycles. The van der Waals surface area contributed by atoms with Gasteiger partial charge in [0.25, 0.3) is 0 Å². The molecule has 0 unspecified atom stereocenters. The predicted octanol–water partition coefficient (Wildman–Crippen LogP) is 5.48. The molecule has 3 aromatic rings. The maximum Gasteiger partial charge on any atom is 0.429 e. The average molecular weight is 509 g/mol. The predicted molar refractivity (Wildman–Crippen MR) is 125 cm³/mol. The fourth-order valence-corrected chi connectivity index (χ4v) is 4.63. The zero-order valence-electron chi connectivity index (χ0n) is 17.8. The monoisotopic (exact) mass is 508 g/mol. The summed E-state index contributed by atoms with van der Waals surface area (Å²) in [4.78, 5) is 16.5. The number of rotatable bonds is 8. The Bertz CT molecular complexity index is 1360. The van der Waals surface area contributed by atoms with Gasteiger partial charge in [-0.15, -0.1) is 11.3 Å². The lowest BCUT2D eigenvalue weighted by molar-refractivity contribution is -0.0605. The van der Waals surface area contributed by atoms with Gasteiger partial charge in [0.15, 0.2) is 9.84 Å². The molecule has 0 aliphatic carbocycles. The van der Waals surface area contributed by atoms with Gasteiger partial charge in [0, 0.05) is 22.4 Å². The van der Waals surface area contributed by atoms with Gasteiger partial charge in [0.1, 0.15) is 5.71 Å². The Morgan fingerprint density at radius 2 is 1.76 bits per heavy atom. The maximum atomic E-state index is 13.0. The molecule has 0 bridgehead atoms. The molecule has 0 saturated heterocycles. The molecule has 2 aromatic carbocycles. The summed E-state index contributed by atoms with van der Waals surface area (Å²) < 4.78 is 62.8. The number of nitrogens with one attached hydrogen (secondary N) is 1. The van der Waals surface area contributed by atoms with Crippen LogP contribution in [0.2, 0.25) is 0 Å². The van der Waals surface area contributed by atoms with Gasteiger partial charge < -0.3 is 10.5 Å². The Morgan fingerprint density at radius 1 is 1.09 bits per heavy atom. The first-order valence-electron chi connectivity index (χ1n) is 9.75. The lowest BCUT2D eigenvalue weighted by Gasteiger charge is -2.10. The summed E-state index contributed by atoms with van der Waals surface area (Å²) >= 11 is 1.14. The molecule has 0 spiro atoms. The molecule has 0 radical (unpaired) electrons. The molecule has 1 aromatic heterocycles. The average Bonchev–Trinajstić information content (AvgIpc) is 3.26. The molecule has 6 nitrogen and oxygen atoms in total. The van der Waals surface area contributed by atoms with Crippen LogP contribution in [0.3, 0.4) is 0 Å².